The highest BCUT2D eigenvalue weighted by molar-refractivity contribution is 6.15. The third kappa shape index (κ3) is 1.97. The molecule has 0 aromatic carbocycles. The van der Waals surface area contributed by atoms with Crippen molar-refractivity contribution >= 4 is 17.5 Å². The molecule has 0 aromatic heterocycles. The Morgan fingerprint density at radius 3 is 1.92 bits per heavy atom. The van der Waals surface area contributed by atoms with Gasteiger partial charge in [0.2, 0.25) is 0 Å². The third-order valence-electron chi connectivity index (χ3n) is 2.48. The van der Waals surface area contributed by atoms with E-state index in [-0.39, 0.29) is 11.1 Å². The first-order valence-electron chi connectivity index (χ1n) is 4.45. The van der Waals surface area contributed by atoms with Crippen LogP contribution in [0.4, 0.5) is 0 Å². The lowest BCUT2D eigenvalue weighted by atomic mass is 9.81. The Balaban J connectivity index is 2.95. The van der Waals surface area contributed by atoms with Gasteiger partial charge in [0.15, 0.2) is 0 Å². The van der Waals surface area contributed by atoms with Crippen LogP contribution in [0.1, 0.15) is 40.5 Å². The lowest BCUT2D eigenvalue weighted by Crippen LogP contribution is -2.56. The molecule has 0 aromatic rings. The maximum atomic E-state index is 8.77. The lowest BCUT2D eigenvalue weighted by molar-refractivity contribution is 0.105. The van der Waals surface area contributed by atoms with Gasteiger partial charge < -0.3 is 5.21 Å². The standard InChI is InChI=1S/C9H17ClN2O/c1-8(2)5-7(11-13)6-9(3,4)12(8)10/h13H,5-6H2,1-4H3. The molecule has 0 bridgehead atoms. The van der Waals surface area contributed by atoms with E-state index in [2.05, 4.69) is 5.16 Å². The molecule has 1 N–H and O–H groups in total. The zero-order valence-electron chi connectivity index (χ0n) is 8.63. The molecule has 1 fully saturated rings. The van der Waals surface area contributed by atoms with E-state index in [1.54, 1.807) is 0 Å². The molecule has 1 heterocycles. The molecule has 1 saturated heterocycles. The van der Waals surface area contributed by atoms with Crippen LogP contribution in [-0.2, 0) is 0 Å². The predicted molar refractivity (Wildman–Crippen MR) is 54.3 cm³/mol. The Bertz CT molecular complexity index is 216. The normalized spacial score (nSPS) is 27.3. The van der Waals surface area contributed by atoms with Gasteiger partial charge in [0, 0.05) is 23.9 Å². The number of oxime groups is 1. The van der Waals surface area contributed by atoms with Crippen LogP contribution in [0.3, 0.4) is 0 Å². The Kier molecular flexibility index (Phi) is 2.61. The Labute approximate surface area is 84.5 Å². The second-order valence-electron chi connectivity index (χ2n) is 4.93. The van der Waals surface area contributed by atoms with Crippen LogP contribution in [0.25, 0.3) is 0 Å². The molecule has 0 atom stereocenters. The molecule has 13 heavy (non-hydrogen) atoms. The topological polar surface area (TPSA) is 35.8 Å². The summed E-state index contributed by atoms with van der Waals surface area (Å²) < 4.78 is 1.83. The van der Waals surface area contributed by atoms with Gasteiger partial charge in [0.1, 0.15) is 0 Å². The number of hydrogen-bond acceptors (Lipinski definition) is 3. The van der Waals surface area contributed by atoms with Gasteiger partial charge in [-0.05, 0) is 39.5 Å². The van der Waals surface area contributed by atoms with Crippen molar-refractivity contribution in [2.45, 2.75) is 51.6 Å². The summed E-state index contributed by atoms with van der Waals surface area (Å²) >= 11 is 6.22. The number of piperidine rings is 1. The maximum Gasteiger partial charge on any atom is 0.0608 e. The van der Waals surface area contributed by atoms with Crippen molar-refractivity contribution in [2.75, 3.05) is 0 Å². The quantitative estimate of drug-likeness (QED) is 0.374. The van der Waals surface area contributed by atoms with Gasteiger partial charge in [-0.1, -0.05) is 5.16 Å². The van der Waals surface area contributed by atoms with Crippen LogP contribution < -0.4 is 0 Å². The number of hydrogen-bond donors (Lipinski definition) is 1. The van der Waals surface area contributed by atoms with Crippen molar-refractivity contribution in [3.63, 3.8) is 0 Å². The second kappa shape index (κ2) is 3.14. The molecular formula is C9H17ClN2O. The molecule has 76 valence electrons. The third-order valence-corrected chi connectivity index (χ3v) is 3.39. The van der Waals surface area contributed by atoms with Gasteiger partial charge in [-0.3, -0.25) is 0 Å². The molecule has 4 heteroatoms. The van der Waals surface area contributed by atoms with Crippen LogP contribution in [0, 0.1) is 0 Å². The molecule has 1 aliphatic rings. The van der Waals surface area contributed by atoms with E-state index in [9.17, 15) is 0 Å². The van der Waals surface area contributed by atoms with Gasteiger partial charge in [-0.15, -0.1) is 0 Å². The van der Waals surface area contributed by atoms with Crippen LogP contribution >= 0.6 is 11.8 Å². The summed E-state index contributed by atoms with van der Waals surface area (Å²) in [5, 5.41) is 12.1. The second-order valence-corrected chi connectivity index (χ2v) is 5.26. The van der Waals surface area contributed by atoms with E-state index < -0.39 is 0 Å². The maximum absolute atomic E-state index is 8.77. The van der Waals surface area contributed by atoms with Crippen molar-refractivity contribution in [3.05, 3.63) is 0 Å². The molecule has 0 saturated carbocycles. The van der Waals surface area contributed by atoms with Crippen LogP contribution in [-0.4, -0.2) is 26.4 Å². The van der Waals surface area contributed by atoms with Crippen LogP contribution in [0.15, 0.2) is 5.16 Å². The minimum atomic E-state index is -0.148. The minimum absolute atomic E-state index is 0.148. The van der Waals surface area contributed by atoms with Crippen LogP contribution in [0.2, 0.25) is 0 Å². The first-order valence-corrected chi connectivity index (χ1v) is 4.79. The number of halogens is 1. The Hall–Kier alpha value is -0.280. The van der Waals surface area contributed by atoms with Crippen molar-refractivity contribution < 1.29 is 5.21 Å². The molecule has 0 radical (unpaired) electrons. The van der Waals surface area contributed by atoms with Crippen molar-refractivity contribution in [1.82, 2.24) is 4.42 Å². The smallest absolute Gasteiger partial charge is 0.0608 e. The van der Waals surface area contributed by atoms with Gasteiger partial charge in [0.05, 0.1) is 5.71 Å². The van der Waals surface area contributed by atoms with E-state index in [0.29, 0.717) is 0 Å². The van der Waals surface area contributed by atoms with Crippen molar-refractivity contribution in [2.24, 2.45) is 5.16 Å². The summed E-state index contributed by atoms with van der Waals surface area (Å²) in [4.78, 5) is 0. The highest BCUT2D eigenvalue weighted by Crippen LogP contribution is 2.38. The molecule has 0 spiro atoms. The molecule has 0 amide bonds. The minimum Gasteiger partial charge on any atom is -0.411 e. The summed E-state index contributed by atoms with van der Waals surface area (Å²) in [7, 11) is 0. The SMILES string of the molecule is CC1(C)CC(=NO)CC(C)(C)N1Cl. The highest BCUT2D eigenvalue weighted by Gasteiger charge is 2.43. The van der Waals surface area contributed by atoms with Gasteiger partial charge in [-0.2, -0.15) is 0 Å². The summed E-state index contributed by atoms with van der Waals surface area (Å²) in [5.41, 5.74) is 0.530. The van der Waals surface area contributed by atoms with E-state index >= 15 is 0 Å². The number of rotatable bonds is 0. The molecule has 0 unspecified atom stereocenters. The molecule has 0 aliphatic carbocycles. The summed E-state index contributed by atoms with van der Waals surface area (Å²) in [6, 6.07) is 0. The van der Waals surface area contributed by atoms with Crippen LogP contribution in [0.5, 0.6) is 0 Å². The lowest BCUT2D eigenvalue weighted by Gasteiger charge is -2.48. The van der Waals surface area contributed by atoms with E-state index in [0.717, 1.165) is 18.6 Å². The molecule has 3 nitrogen and oxygen atoms in total. The fourth-order valence-electron chi connectivity index (χ4n) is 2.09. The average Bonchev–Trinajstić information content (AvgIpc) is 1.99. The molecule has 1 aliphatic heterocycles. The summed E-state index contributed by atoms with van der Waals surface area (Å²) in [5.74, 6) is 0. The fraction of sp³-hybridized carbons (Fsp3) is 0.889. The zero-order valence-corrected chi connectivity index (χ0v) is 9.39. The van der Waals surface area contributed by atoms with Gasteiger partial charge >= 0.3 is 0 Å². The summed E-state index contributed by atoms with van der Waals surface area (Å²) in [6.45, 7) is 8.19. The summed E-state index contributed by atoms with van der Waals surface area (Å²) in [6.07, 6.45) is 1.44. The fourth-order valence-corrected chi connectivity index (χ4v) is 2.21. The number of nitrogens with zero attached hydrogens (tertiary/aromatic N) is 2. The highest BCUT2D eigenvalue weighted by atomic mass is 35.5. The molecular weight excluding hydrogens is 188 g/mol. The van der Waals surface area contributed by atoms with E-state index in [1.165, 1.54) is 0 Å². The monoisotopic (exact) mass is 204 g/mol. The molecule has 1 rings (SSSR count). The van der Waals surface area contributed by atoms with Crippen molar-refractivity contribution in [3.8, 4) is 0 Å². The predicted octanol–water partition coefficient (Wildman–Crippen LogP) is 2.62. The zero-order chi connectivity index (χ0) is 10.3. The van der Waals surface area contributed by atoms with Crippen molar-refractivity contribution in [1.29, 1.82) is 0 Å². The first kappa shape index (κ1) is 10.8. The van der Waals surface area contributed by atoms with E-state index in [1.807, 2.05) is 32.1 Å². The van der Waals surface area contributed by atoms with Gasteiger partial charge in [-0.25, -0.2) is 4.42 Å². The Morgan fingerprint density at radius 2 is 1.62 bits per heavy atom. The van der Waals surface area contributed by atoms with Gasteiger partial charge in [0.25, 0.3) is 0 Å². The Morgan fingerprint density at radius 1 is 1.23 bits per heavy atom. The first-order chi connectivity index (χ1) is 5.79. The van der Waals surface area contributed by atoms with E-state index in [4.69, 9.17) is 17.0 Å². The average molecular weight is 205 g/mol. The largest absolute Gasteiger partial charge is 0.411 e.